The van der Waals surface area contributed by atoms with Crippen molar-refractivity contribution >= 4 is 5.91 Å². The molecule has 0 bridgehead atoms. The number of carbonyl (C=O) groups is 1. The van der Waals surface area contributed by atoms with Gasteiger partial charge in [-0.25, -0.2) is 0 Å². The monoisotopic (exact) mass is 228 g/mol. The van der Waals surface area contributed by atoms with E-state index in [9.17, 15) is 4.79 Å². The summed E-state index contributed by atoms with van der Waals surface area (Å²) in [5.41, 5.74) is 0. The van der Waals surface area contributed by atoms with E-state index in [0.717, 1.165) is 32.6 Å². The number of ether oxygens (including phenoxy) is 2. The van der Waals surface area contributed by atoms with Gasteiger partial charge in [0.2, 0.25) is 0 Å². The number of hydrogen-bond acceptors (Lipinski definition) is 4. The van der Waals surface area contributed by atoms with Gasteiger partial charge in [-0.2, -0.15) is 0 Å². The number of nitrogens with zero attached hydrogens (tertiary/aromatic N) is 1. The van der Waals surface area contributed by atoms with Gasteiger partial charge in [0.1, 0.15) is 6.10 Å². The first-order valence-electron chi connectivity index (χ1n) is 5.96. The second-order valence-electron chi connectivity index (χ2n) is 4.36. The minimum absolute atomic E-state index is 0.0964. The Morgan fingerprint density at radius 2 is 2.06 bits per heavy atom. The summed E-state index contributed by atoms with van der Waals surface area (Å²) in [5.74, 6) is 0.0964. The third-order valence-electron chi connectivity index (χ3n) is 3.29. The molecule has 0 aliphatic carbocycles. The van der Waals surface area contributed by atoms with Crippen molar-refractivity contribution in [2.45, 2.75) is 25.0 Å². The van der Waals surface area contributed by atoms with Crippen LogP contribution in [0.2, 0.25) is 0 Å². The summed E-state index contributed by atoms with van der Waals surface area (Å²) in [4.78, 5) is 14.0. The predicted octanol–water partition coefficient (Wildman–Crippen LogP) is -0.388. The minimum atomic E-state index is -0.304. The molecule has 0 saturated carbocycles. The van der Waals surface area contributed by atoms with Gasteiger partial charge in [0, 0.05) is 39.4 Å². The Hall–Kier alpha value is -0.650. The average molecular weight is 228 g/mol. The highest BCUT2D eigenvalue weighted by Gasteiger charge is 2.29. The van der Waals surface area contributed by atoms with Crippen LogP contribution in [0.3, 0.4) is 0 Å². The second kappa shape index (κ2) is 5.61. The summed E-state index contributed by atoms with van der Waals surface area (Å²) >= 11 is 0. The predicted molar refractivity (Wildman–Crippen MR) is 59.2 cm³/mol. The van der Waals surface area contributed by atoms with Crippen molar-refractivity contribution in [3.05, 3.63) is 0 Å². The lowest BCUT2D eigenvalue weighted by Crippen LogP contribution is -2.51. The molecule has 0 aromatic carbocycles. The Balaban J connectivity index is 1.86. The summed E-state index contributed by atoms with van der Waals surface area (Å²) in [6.45, 7) is 3.60. The maximum atomic E-state index is 12.1. The fourth-order valence-corrected chi connectivity index (χ4v) is 2.20. The van der Waals surface area contributed by atoms with Crippen LogP contribution in [0.25, 0.3) is 0 Å². The summed E-state index contributed by atoms with van der Waals surface area (Å²) in [5, 5.41) is 3.18. The zero-order chi connectivity index (χ0) is 11.4. The highest BCUT2D eigenvalue weighted by atomic mass is 16.5. The molecule has 5 nitrogen and oxygen atoms in total. The molecule has 1 atom stereocenters. The Morgan fingerprint density at radius 3 is 2.69 bits per heavy atom. The van der Waals surface area contributed by atoms with Crippen molar-refractivity contribution in [1.29, 1.82) is 0 Å². The number of hydrogen-bond donors (Lipinski definition) is 1. The fourth-order valence-electron chi connectivity index (χ4n) is 2.20. The zero-order valence-corrected chi connectivity index (χ0v) is 9.78. The summed E-state index contributed by atoms with van der Waals surface area (Å²) in [6.07, 6.45) is 1.56. The molecular formula is C11H20N2O3. The number of morpholine rings is 1. The molecule has 0 radical (unpaired) electrons. The van der Waals surface area contributed by atoms with Crippen LogP contribution >= 0.6 is 0 Å². The van der Waals surface area contributed by atoms with Crippen LogP contribution in [0.5, 0.6) is 0 Å². The van der Waals surface area contributed by atoms with Crippen LogP contribution in [0, 0.1) is 0 Å². The molecule has 1 amide bonds. The van der Waals surface area contributed by atoms with E-state index in [2.05, 4.69) is 5.32 Å². The van der Waals surface area contributed by atoms with Crippen molar-refractivity contribution in [3.63, 3.8) is 0 Å². The smallest absolute Gasteiger partial charge is 0.253 e. The van der Waals surface area contributed by atoms with E-state index in [1.54, 1.807) is 0 Å². The molecule has 2 heterocycles. The molecule has 2 aliphatic rings. The van der Waals surface area contributed by atoms with Crippen molar-refractivity contribution in [2.24, 2.45) is 0 Å². The molecular weight excluding hydrogens is 208 g/mol. The van der Waals surface area contributed by atoms with Gasteiger partial charge in [0.05, 0.1) is 6.61 Å². The van der Waals surface area contributed by atoms with Gasteiger partial charge in [-0.1, -0.05) is 0 Å². The average Bonchev–Trinajstić information content (AvgIpc) is 2.39. The highest BCUT2D eigenvalue weighted by molar-refractivity contribution is 5.81. The number of carbonyl (C=O) groups excluding carboxylic acids is 1. The summed E-state index contributed by atoms with van der Waals surface area (Å²) in [6, 6.07) is 0.312. The van der Waals surface area contributed by atoms with Crippen molar-refractivity contribution in [3.8, 4) is 0 Å². The fraction of sp³-hybridized carbons (Fsp3) is 0.909. The summed E-state index contributed by atoms with van der Waals surface area (Å²) < 4.78 is 10.8. The van der Waals surface area contributed by atoms with Gasteiger partial charge in [0.25, 0.3) is 5.91 Å². The molecule has 1 unspecified atom stereocenters. The molecule has 2 aliphatic heterocycles. The maximum absolute atomic E-state index is 12.1. The SMILES string of the molecule is CN(C(=O)C1CNCCO1)C1CCOCC1. The molecule has 0 aromatic rings. The molecule has 1 N–H and O–H groups in total. The van der Waals surface area contributed by atoms with Gasteiger partial charge in [-0.15, -0.1) is 0 Å². The topological polar surface area (TPSA) is 50.8 Å². The number of nitrogens with one attached hydrogen (secondary N) is 1. The van der Waals surface area contributed by atoms with Crippen LogP contribution in [-0.4, -0.2) is 62.9 Å². The van der Waals surface area contributed by atoms with Crippen LogP contribution in [0.15, 0.2) is 0 Å². The van der Waals surface area contributed by atoms with E-state index < -0.39 is 0 Å². The van der Waals surface area contributed by atoms with E-state index in [-0.39, 0.29) is 12.0 Å². The van der Waals surface area contributed by atoms with Crippen LogP contribution < -0.4 is 5.32 Å². The van der Waals surface area contributed by atoms with E-state index in [1.807, 2.05) is 11.9 Å². The Bertz CT molecular complexity index is 235. The van der Waals surface area contributed by atoms with Crippen LogP contribution in [0.4, 0.5) is 0 Å². The number of amides is 1. The van der Waals surface area contributed by atoms with Gasteiger partial charge in [-0.3, -0.25) is 4.79 Å². The lowest BCUT2D eigenvalue weighted by Gasteiger charge is -2.34. The van der Waals surface area contributed by atoms with E-state index in [4.69, 9.17) is 9.47 Å². The molecule has 2 rings (SSSR count). The summed E-state index contributed by atoms with van der Waals surface area (Å²) in [7, 11) is 1.87. The Morgan fingerprint density at radius 1 is 1.31 bits per heavy atom. The Labute approximate surface area is 96.1 Å². The molecule has 2 saturated heterocycles. The lowest BCUT2D eigenvalue weighted by atomic mass is 10.1. The van der Waals surface area contributed by atoms with Crippen LogP contribution in [-0.2, 0) is 14.3 Å². The molecule has 0 spiro atoms. The van der Waals surface area contributed by atoms with Gasteiger partial charge in [-0.05, 0) is 12.8 Å². The Kier molecular flexibility index (Phi) is 4.15. The maximum Gasteiger partial charge on any atom is 0.253 e. The van der Waals surface area contributed by atoms with Crippen molar-refractivity contribution < 1.29 is 14.3 Å². The largest absolute Gasteiger partial charge is 0.381 e. The van der Waals surface area contributed by atoms with Gasteiger partial charge >= 0.3 is 0 Å². The molecule has 92 valence electrons. The quantitative estimate of drug-likeness (QED) is 0.699. The van der Waals surface area contributed by atoms with Crippen molar-refractivity contribution in [2.75, 3.05) is 40.0 Å². The molecule has 2 fully saturated rings. The van der Waals surface area contributed by atoms with Crippen LogP contribution in [0.1, 0.15) is 12.8 Å². The lowest BCUT2D eigenvalue weighted by molar-refractivity contribution is -0.147. The number of rotatable bonds is 2. The first kappa shape index (κ1) is 11.8. The minimum Gasteiger partial charge on any atom is -0.381 e. The zero-order valence-electron chi connectivity index (χ0n) is 9.78. The third kappa shape index (κ3) is 2.72. The van der Waals surface area contributed by atoms with E-state index in [1.165, 1.54) is 0 Å². The normalized spacial score (nSPS) is 27.7. The highest BCUT2D eigenvalue weighted by Crippen LogP contribution is 2.14. The second-order valence-corrected chi connectivity index (χ2v) is 4.36. The molecule has 5 heteroatoms. The van der Waals surface area contributed by atoms with Crippen molar-refractivity contribution in [1.82, 2.24) is 10.2 Å². The van der Waals surface area contributed by atoms with Gasteiger partial charge < -0.3 is 19.7 Å². The van der Waals surface area contributed by atoms with E-state index >= 15 is 0 Å². The van der Waals surface area contributed by atoms with Gasteiger partial charge in [0.15, 0.2) is 0 Å². The molecule has 16 heavy (non-hydrogen) atoms. The molecule has 0 aromatic heterocycles. The number of likely N-dealkylation sites (N-methyl/N-ethyl adjacent to an activating group) is 1. The first-order chi connectivity index (χ1) is 7.79. The first-order valence-corrected chi connectivity index (χ1v) is 5.96. The van der Waals surface area contributed by atoms with E-state index in [0.29, 0.717) is 19.2 Å². The standard InChI is InChI=1S/C11H20N2O3/c1-13(9-2-5-15-6-3-9)11(14)10-8-12-4-7-16-10/h9-10,12H,2-8H2,1H3. The third-order valence-corrected chi connectivity index (χ3v) is 3.29.